The summed E-state index contributed by atoms with van der Waals surface area (Å²) in [4.78, 5) is 11.1. The zero-order chi connectivity index (χ0) is 10.6. The molecule has 0 N–H and O–H groups in total. The first-order valence-electron chi connectivity index (χ1n) is 3.78. The molecule has 0 aromatic heterocycles. The molecule has 0 atom stereocenters. The minimum absolute atomic E-state index is 0.562. The second-order valence-electron chi connectivity index (χ2n) is 2.52. The number of halogens is 3. The molecule has 0 bridgehead atoms. The Balaban J connectivity index is 2.46. The van der Waals surface area contributed by atoms with Crippen LogP contribution >= 0.6 is 11.8 Å². The van der Waals surface area contributed by atoms with E-state index in [4.69, 9.17) is 0 Å². The summed E-state index contributed by atoms with van der Waals surface area (Å²) in [5.74, 6) is -2.26. The average Bonchev–Trinajstić information content (AvgIpc) is 2.14. The summed E-state index contributed by atoms with van der Waals surface area (Å²) in [5.41, 5.74) is 0. The molecule has 1 rings (SSSR count). The molecule has 1 aromatic rings. The fourth-order valence-electron chi connectivity index (χ4n) is 0.747. The largest absolute Gasteiger partial charge is 0.450 e. The summed E-state index contributed by atoms with van der Waals surface area (Å²) >= 11 is 0.886. The van der Waals surface area contributed by atoms with Crippen LogP contribution in [0.5, 0.6) is 0 Å². The number of carbonyl (C=O) groups is 1. The number of carbonyl (C=O) groups excluding carboxylic acids is 1. The number of hydrogen-bond donors (Lipinski definition) is 0. The van der Waals surface area contributed by atoms with Crippen molar-refractivity contribution < 1.29 is 18.0 Å². The maximum Gasteiger partial charge on any atom is 0.450 e. The van der Waals surface area contributed by atoms with Crippen molar-refractivity contribution in [1.82, 2.24) is 0 Å². The van der Waals surface area contributed by atoms with E-state index in [1.54, 1.807) is 30.3 Å². The van der Waals surface area contributed by atoms with Gasteiger partial charge >= 0.3 is 6.18 Å². The Bertz CT molecular complexity index is 308. The maximum atomic E-state index is 11.8. The van der Waals surface area contributed by atoms with E-state index in [0.29, 0.717) is 4.90 Å². The molecular formula is C9H7F3OS. The number of thioether (sulfide) groups is 1. The standard InChI is InChI=1S/C9H7F3OS/c10-9(11,12)8(13)6-14-7-4-2-1-3-5-7/h1-5H,6H2/i6+1. The quantitative estimate of drug-likeness (QED) is 0.576. The van der Waals surface area contributed by atoms with E-state index >= 15 is 0 Å². The Hall–Kier alpha value is -0.970. The van der Waals surface area contributed by atoms with Gasteiger partial charge in [-0.2, -0.15) is 13.2 Å². The monoisotopic (exact) mass is 221 g/mol. The van der Waals surface area contributed by atoms with Crippen LogP contribution in [0.2, 0.25) is 0 Å². The van der Waals surface area contributed by atoms with Crippen LogP contribution in [0.3, 0.4) is 0 Å². The fourth-order valence-corrected chi connectivity index (χ4v) is 1.56. The Labute approximate surface area is 83.3 Å². The first kappa shape index (κ1) is 11.1. The predicted molar refractivity (Wildman–Crippen MR) is 48.2 cm³/mol. The molecule has 0 aliphatic heterocycles. The van der Waals surface area contributed by atoms with Gasteiger partial charge in [-0.3, -0.25) is 4.79 Å². The number of ketones is 1. The first-order valence-corrected chi connectivity index (χ1v) is 4.76. The van der Waals surface area contributed by atoms with Gasteiger partial charge in [-0.25, -0.2) is 0 Å². The number of benzene rings is 1. The molecule has 0 heterocycles. The molecule has 0 aliphatic carbocycles. The third kappa shape index (κ3) is 3.41. The van der Waals surface area contributed by atoms with E-state index in [-0.39, 0.29) is 0 Å². The molecule has 1 nitrogen and oxygen atoms in total. The van der Waals surface area contributed by atoms with Gasteiger partial charge in [0.1, 0.15) is 0 Å². The van der Waals surface area contributed by atoms with Gasteiger partial charge in [0.2, 0.25) is 5.78 Å². The summed E-state index contributed by atoms with van der Waals surface area (Å²) in [6, 6.07) is 8.50. The molecule has 0 saturated heterocycles. The smallest absolute Gasteiger partial charge is 0.289 e. The number of hydrogen-bond acceptors (Lipinski definition) is 2. The Morgan fingerprint density at radius 2 is 1.79 bits per heavy atom. The molecular weight excluding hydrogens is 214 g/mol. The number of rotatable bonds is 3. The highest BCUT2D eigenvalue weighted by Gasteiger charge is 2.37. The zero-order valence-electron chi connectivity index (χ0n) is 7.04. The maximum absolute atomic E-state index is 11.8. The highest BCUT2D eigenvalue weighted by atomic mass is 32.2. The molecule has 5 heteroatoms. The lowest BCUT2D eigenvalue weighted by atomic mass is 10.4. The van der Waals surface area contributed by atoms with Gasteiger partial charge in [-0.1, -0.05) is 18.2 Å². The molecule has 0 fully saturated rings. The lowest BCUT2D eigenvalue weighted by Crippen LogP contribution is -2.24. The molecule has 1 aromatic carbocycles. The first-order chi connectivity index (χ1) is 6.50. The molecule has 0 amide bonds. The van der Waals surface area contributed by atoms with Crippen molar-refractivity contribution in [3.05, 3.63) is 30.3 Å². The molecule has 14 heavy (non-hydrogen) atoms. The highest BCUT2D eigenvalue weighted by molar-refractivity contribution is 8.00. The second kappa shape index (κ2) is 4.50. The van der Waals surface area contributed by atoms with Crippen LogP contribution in [0.25, 0.3) is 0 Å². The van der Waals surface area contributed by atoms with Gasteiger partial charge in [0.25, 0.3) is 0 Å². The fraction of sp³-hybridized carbons (Fsp3) is 0.222. The van der Waals surface area contributed by atoms with E-state index in [1.807, 2.05) is 0 Å². The van der Waals surface area contributed by atoms with Crippen molar-refractivity contribution in [3.8, 4) is 0 Å². The third-order valence-electron chi connectivity index (χ3n) is 1.43. The van der Waals surface area contributed by atoms with Crippen LogP contribution in [0.15, 0.2) is 35.2 Å². The van der Waals surface area contributed by atoms with Crippen molar-refractivity contribution in [3.63, 3.8) is 0 Å². The van der Waals surface area contributed by atoms with E-state index in [9.17, 15) is 18.0 Å². The van der Waals surface area contributed by atoms with Crippen LogP contribution in [-0.2, 0) is 4.79 Å². The Morgan fingerprint density at radius 1 is 1.21 bits per heavy atom. The minimum Gasteiger partial charge on any atom is -0.289 e. The van der Waals surface area contributed by atoms with E-state index in [0.717, 1.165) is 11.8 Å². The summed E-state index contributed by atoms with van der Waals surface area (Å²) < 4.78 is 35.4. The number of alkyl halides is 3. The third-order valence-corrected chi connectivity index (χ3v) is 2.44. The summed E-state index contributed by atoms with van der Waals surface area (Å²) in [7, 11) is 0. The Kier molecular flexibility index (Phi) is 3.57. The lowest BCUT2D eigenvalue weighted by molar-refractivity contribution is -0.167. The van der Waals surface area contributed by atoms with Crippen molar-refractivity contribution in [2.75, 3.05) is 5.75 Å². The normalized spacial score (nSPS) is 11.4. The molecule has 0 spiro atoms. The molecule has 0 aliphatic rings. The Morgan fingerprint density at radius 3 is 2.29 bits per heavy atom. The van der Waals surface area contributed by atoms with Crippen molar-refractivity contribution in [1.29, 1.82) is 0 Å². The molecule has 0 radical (unpaired) electrons. The van der Waals surface area contributed by atoms with Crippen molar-refractivity contribution in [2.24, 2.45) is 0 Å². The zero-order valence-corrected chi connectivity index (χ0v) is 7.86. The van der Waals surface area contributed by atoms with Crippen LogP contribution in [0, 0.1) is 0 Å². The van der Waals surface area contributed by atoms with Crippen molar-refractivity contribution >= 4 is 17.5 Å². The van der Waals surface area contributed by atoms with Gasteiger partial charge in [0, 0.05) is 4.90 Å². The van der Waals surface area contributed by atoms with Crippen LogP contribution in [-0.4, -0.2) is 17.7 Å². The summed E-state index contributed by atoms with van der Waals surface area (Å²) in [6.07, 6.45) is -4.72. The second-order valence-corrected chi connectivity index (χ2v) is 3.57. The molecule has 76 valence electrons. The SMILES string of the molecule is O=C([13CH2]Sc1ccccc1)C(F)(F)F. The van der Waals surface area contributed by atoms with Gasteiger partial charge in [-0.05, 0) is 12.1 Å². The molecule has 0 saturated carbocycles. The van der Waals surface area contributed by atoms with Gasteiger partial charge in [-0.15, -0.1) is 11.8 Å². The molecule has 0 unspecified atom stereocenters. The minimum atomic E-state index is -4.72. The van der Waals surface area contributed by atoms with Crippen LogP contribution < -0.4 is 0 Å². The van der Waals surface area contributed by atoms with Gasteiger partial charge < -0.3 is 0 Å². The van der Waals surface area contributed by atoms with Crippen molar-refractivity contribution in [2.45, 2.75) is 11.1 Å². The van der Waals surface area contributed by atoms with Gasteiger partial charge in [0.15, 0.2) is 0 Å². The number of Topliss-reactive ketones (excluding diaryl/α,β-unsaturated/α-hetero) is 1. The summed E-state index contributed by atoms with van der Waals surface area (Å²) in [6.45, 7) is 0. The highest BCUT2D eigenvalue weighted by Crippen LogP contribution is 2.23. The van der Waals surface area contributed by atoms with E-state index < -0.39 is 17.7 Å². The predicted octanol–water partition coefficient (Wildman–Crippen LogP) is 2.91. The topological polar surface area (TPSA) is 17.1 Å². The van der Waals surface area contributed by atoms with Crippen LogP contribution in [0.4, 0.5) is 13.2 Å². The van der Waals surface area contributed by atoms with E-state index in [1.165, 1.54) is 0 Å². The summed E-state index contributed by atoms with van der Waals surface area (Å²) in [5, 5.41) is 0. The van der Waals surface area contributed by atoms with Gasteiger partial charge in [0.05, 0.1) is 5.75 Å². The van der Waals surface area contributed by atoms with Crippen LogP contribution in [0.1, 0.15) is 0 Å². The average molecular weight is 221 g/mol. The van der Waals surface area contributed by atoms with E-state index in [2.05, 4.69) is 0 Å². The lowest BCUT2D eigenvalue weighted by Gasteiger charge is -2.04.